The molecule has 1 N–H and O–H groups in total. The van der Waals surface area contributed by atoms with Gasteiger partial charge in [-0.25, -0.2) is 0 Å². The van der Waals surface area contributed by atoms with Crippen LogP contribution >= 0.6 is 0 Å². The van der Waals surface area contributed by atoms with E-state index in [9.17, 15) is 4.79 Å². The zero-order valence-electron chi connectivity index (χ0n) is 15.7. The number of nitrogens with one attached hydrogen (secondary N) is 1. The molecule has 1 atom stereocenters. The molecule has 5 nitrogen and oxygen atoms in total. The Balaban J connectivity index is 1.44. The number of rotatable bonds is 5. The molecule has 2 aliphatic rings. The summed E-state index contributed by atoms with van der Waals surface area (Å²) in [6, 6.07) is 14.4. The number of carbonyl (C=O) groups is 1. The summed E-state index contributed by atoms with van der Waals surface area (Å²) in [5.41, 5.74) is 2.96. The Kier molecular flexibility index (Phi) is 5.30. The van der Waals surface area contributed by atoms with E-state index in [1.54, 1.807) is 6.07 Å². The molecule has 1 amide bonds. The van der Waals surface area contributed by atoms with Crippen LogP contribution in [0.4, 0.5) is 0 Å². The lowest BCUT2D eigenvalue weighted by atomic mass is 10.0. The van der Waals surface area contributed by atoms with Gasteiger partial charge in [0, 0.05) is 19.1 Å². The van der Waals surface area contributed by atoms with E-state index >= 15 is 0 Å². The number of fused-ring (bicyclic) bond motifs is 1. The molecule has 0 radical (unpaired) electrons. The van der Waals surface area contributed by atoms with Crippen LogP contribution in [0.5, 0.6) is 11.5 Å². The SMILES string of the molecule is CC1CCCCN1Cc1ccccc1CNC(=O)c1cccc2c1OCO2. The van der Waals surface area contributed by atoms with Gasteiger partial charge in [-0.1, -0.05) is 36.8 Å². The summed E-state index contributed by atoms with van der Waals surface area (Å²) in [5.74, 6) is 1.02. The van der Waals surface area contributed by atoms with Crippen LogP contribution in [0, 0.1) is 0 Å². The van der Waals surface area contributed by atoms with Gasteiger partial charge >= 0.3 is 0 Å². The first-order valence-electron chi connectivity index (χ1n) is 9.70. The summed E-state index contributed by atoms with van der Waals surface area (Å²) in [6.07, 6.45) is 3.85. The van der Waals surface area contributed by atoms with Gasteiger partial charge in [0.25, 0.3) is 5.91 Å². The van der Waals surface area contributed by atoms with Crippen LogP contribution in [0.25, 0.3) is 0 Å². The number of ether oxygens (including phenoxy) is 2. The molecule has 2 aromatic carbocycles. The van der Waals surface area contributed by atoms with Crippen molar-refractivity contribution in [2.24, 2.45) is 0 Å². The fourth-order valence-electron chi connectivity index (χ4n) is 3.88. The molecule has 2 aromatic rings. The Morgan fingerprint density at radius 3 is 2.81 bits per heavy atom. The van der Waals surface area contributed by atoms with Crippen molar-refractivity contribution in [3.63, 3.8) is 0 Å². The second kappa shape index (κ2) is 8.01. The quantitative estimate of drug-likeness (QED) is 0.876. The number of para-hydroxylation sites is 1. The van der Waals surface area contributed by atoms with Gasteiger partial charge < -0.3 is 14.8 Å². The maximum Gasteiger partial charge on any atom is 0.255 e. The first-order valence-corrected chi connectivity index (χ1v) is 9.70. The fourth-order valence-corrected chi connectivity index (χ4v) is 3.88. The Morgan fingerprint density at radius 2 is 1.96 bits per heavy atom. The third kappa shape index (κ3) is 3.93. The molecule has 0 saturated carbocycles. The molecule has 27 heavy (non-hydrogen) atoms. The summed E-state index contributed by atoms with van der Waals surface area (Å²) < 4.78 is 10.8. The molecule has 0 aliphatic carbocycles. The molecule has 1 saturated heterocycles. The number of hydrogen-bond acceptors (Lipinski definition) is 4. The van der Waals surface area contributed by atoms with Crippen molar-refractivity contribution < 1.29 is 14.3 Å². The normalized spacial score (nSPS) is 19.1. The van der Waals surface area contributed by atoms with Gasteiger partial charge in [0.2, 0.25) is 6.79 Å². The molecule has 0 aromatic heterocycles. The summed E-state index contributed by atoms with van der Waals surface area (Å²) in [6.45, 7) is 5.06. The van der Waals surface area contributed by atoms with E-state index in [1.165, 1.54) is 24.8 Å². The molecule has 2 heterocycles. The standard InChI is InChI=1S/C22H26N2O3/c1-16-7-4-5-12-24(16)14-18-9-3-2-8-17(18)13-23-22(25)19-10-6-11-20-21(19)27-15-26-20/h2-3,6,8-11,16H,4-5,7,12-15H2,1H3,(H,23,25). The highest BCUT2D eigenvalue weighted by atomic mass is 16.7. The Bertz CT molecular complexity index is 821. The topological polar surface area (TPSA) is 50.8 Å². The number of piperidine rings is 1. The van der Waals surface area contributed by atoms with Crippen LogP contribution < -0.4 is 14.8 Å². The van der Waals surface area contributed by atoms with Gasteiger partial charge in [-0.15, -0.1) is 0 Å². The number of hydrogen-bond donors (Lipinski definition) is 1. The minimum absolute atomic E-state index is 0.140. The molecule has 5 heteroatoms. The lowest BCUT2D eigenvalue weighted by Crippen LogP contribution is -2.37. The summed E-state index contributed by atoms with van der Waals surface area (Å²) >= 11 is 0. The molecule has 0 spiro atoms. The second-order valence-corrected chi connectivity index (χ2v) is 7.31. The lowest BCUT2D eigenvalue weighted by Gasteiger charge is -2.33. The van der Waals surface area contributed by atoms with Crippen molar-refractivity contribution in [2.45, 2.75) is 45.3 Å². The van der Waals surface area contributed by atoms with Crippen molar-refractivity contribution in [3.05, 3.63) is 59.2 Å². The first kappa shape index (κ1) is 17.9. The van der Waals surface area contributed by atoms with Crippen molar-refractivity contribution >= 4 is 5.91 Å². The number of nitrogens with zero attached hydrogens (tertiary/aromatic N) is 1. The van der Waals surface area contributed by atoms with Crippen LogP contribution in [-0.4, -0.2) is 30.2 Å². The second-order valence-electron chi connectivity index (χ2n) is 7.31. The van der Waals surface area contributed by atoms with Gasteiger partial charge in [-0.2, -0.15) is 0 Å². The smallest absolute Gasteiger partial charge is 0.255 e. The number of likely N-dealkylation sites (tertiary alicyclic amines) is 1. The van der Waals surface area contributed by atoms with Crippen LogP contribution in [0.1, 0.15) is 47.7 Å². The molecule has 0 bridgehead atoms. The molecular weight excluding hydrogens is 340 g/mol. The molecule has 1 unspecified atom stereocenters. The van der Waals surface area contributed by atoms with Gasteiger partial charge in [-0.05, 0) is 49.6 Å². The highest BCUT2D eigenvalue weighted by Crippen LogP contribution is 2.35. The lowest BCUT2D eigenvalue weighted by molar-refractivity contribution is 0.0945. The van der Waals surface area contributed by atoms with E-state index in [4.69, 9.17) is 9.47 Å². The third-order valence-corrected chi connectivity index (χ3v) is 5.51. The Hall–Kier alpha value is -2.53. The minimum Gasteiger partial charge on any atom is -0.454 e. The number of amides is 1. The highest BCUT2D eigenvalue weighted by Gasteiger charge is 2.22. The predicted molar refractivity (Wildman–Crippen MR) is 104 cm³/mol. The van der Waals surface area contributed by atoms with Crippen molar-refractivity contribution in [3.8, 4) is 11.5 Å². The maximum atomic E-state index is 12.7. The van der Waals surface area contributed by atoms with Crippen molar-refractivity contribution in [1.82, 2.24) is 10.2 Å². The Morgan fingerprint density at radius 1 is 1.11 bits per heavy atom. The van der Waals surface area contributed by atoms with Crippen LogP contribution in [0.2, 0.25) is 0 Å². The average Bonchev–Trinajstić information content (AvgIpc) is 3.17. The van der Waals surface area contributed by atoms with Gasteiger partial charge in [0.05, 0.1) is 5.56 Å². The maximum absolute atomic E-state index is 12.7. The minimum atomic E-state index is -0.140. The van der Waals surface area contributed by atoms with Crippen molar-refractivity contribution in [1.29, 1.82) is 0 Å². The predicted octanol–water partition coefficient (Wildman–Crippen LogP) is 3.72. The van der Waals surface area contributed by atoms with Gasteiger partial charge in [-0.3, -0.25) is 9.69 Å². The largest absolute Gasteiger partial charge is 0.454 e. The van der Waals surface area contributed by atoms with E-state index in [1.807, 2.05) is 18.2 Å². The van der Waals surface area contributed by atoms with E-state index in [2.05, 4.69) is 35.3 Å². The van der Waals surface area contributed by atoms with E-state index < -0.39 is 0 Å². The molecule has 4 rings (SSSR count). The summed E-state index contributed by atoms with van der Waals surface area (Å²) in [7, 11) is 0. The van der Waals surface area contributed by atoms with Gasteiger partial charge in [0.15, 0.2) is 11.5 Å². The highest BCUT2D eigenvalue weighted by molar-refractivity contribution is 5.97. The molecule has 1 fully saturated rings. The summed E-state index contributed by atoms with van der Waals surface area (Å²) in [5, 5.41) is 3.04. The molecule has 2 aliphatic heterocycles. The zero-order valence-corrected chi connectivity index (χ0v) is 15.7. The average molecular weight is 366 g/mol. The van der Waals surface area contributed by atoms with Crippen LogP contribution in [0.15, 0.2) is 42.5 Å². The van der Waals surface area contributed by atoms with Crippen molar-refractivity contribution in [2.75, 3.05) is 13.3 Å². The summed E-state index contributed by atoms with van der Waals surface area (Å²) in [4.78, 5) is 15.2. The first-order chi connectivity index (χ1) is 13.2. The van der Waals surface area contributed by atoms with Crippen LogP contribution in [-0.2, 0) is 13.1 Å². The van der Waals surface area contributed by atoms with Crippen LogP contribution in [0.3, 0.4) is 0 Å². The Labute approximate surface area is 160 Å². The van der Waals surface area contributed by atoms with E-state index in [-0.39, 0.29) is 12.7 Å². The zero-order chi connectivity index (χ0) is 18.6. The van der Waals surface area contributed by atoms with E-state index in [0.29, 0.717) is 29.6 Å². The van der Waals surface area contributed by atoms with Gasteiger partial charge in [0.1, 0.15) is 0 Å². The number of carbonyl (C=O) groups excluding carboxylic acids is 1. The number of benzene rings is 2. The molecular formula is C22H26N2O3. The van der Waals surface area contributed by atoms with E-state index in [0.717, 1.165) is 18.7 Å². The third-order valence-electron chi connectivity index (χ3n) is 5.51. The monoisotopic (exact) mass is 366 g/mol. The molecule has 142 valence electrons. The fraction of sp³-hybridized carbons (Fsp3) is 0.409.